The summed E-state index contributed by atoms with van der Waals surface area (Å²) in [7, 11) is 0. The van der Waals surface area contributed by atoms with E-state index >= 15 is 0 Å². The number of rotatable bonds is 2. The van der Waals surface area contributed by atoms with Crippen LogP contribution in [-0.2, 0) is 13.1 Å². The molecule has 3 rings (SSSR count). The molecule has 2 aromatic rings. The van der Waals surface area contributed by atoms with Crippen molar-refractivity contribution in [3.05, 3.63) is 58.5 Å². The molecular formula is C14H14ClNO2. The molecule has 0 saturated heterocycles. The second-order valence-corrected chi connectivity index (χ2v) is 4.98. The van der Waals surface area contributed by atoms with E-state index in [1.54, 1.807) is 6.26 Å². The summed E-state index contributed by atoms with van der Waals surface area (Å²) in [6, 6.07) is 9.62. The van der Waals surface area contributed by atoms with Gasteiger partial charge in [0.25, 0.3) is 0 Å². The first-order valence-electron chi connectivity index (χ1n) is 5.94. The number of benzene rings is 1. The monoisotopic (exact) mass is 263 g/mol. The van der Waals surface area contributed by atoms with E-state index in [0.717, 1.165) is 28.5 Å². The zero-order valence-electron chi connectivity index (χ0n) is 9.84. The third-order valence-electron chi connectivity index (χ3n) is 3.29. The van der Waals surface area contributed by atoms with Crippen molar-refractivity contribution in [3.8, 4) is 0 Å². The lowest BCUT2D eigenvalue weighted by Crippen LogP contribution is -2.32. The van der Waals surface area contributed by atoms with Crippen LogP contribution in [0, 0.1) is 0 Å². The molecule has 0 amide bonds. The highest BCUT2D eigenvalue weighted by Gasteiger charge is 2.26. The summed E-state index contributed by atoms with van der Waals surface area (Å²) in [4.78, 5) is 2.14. The maximum absolute atomic E-state index is 10.0. The minimum absolute atomic E-state index is 0.477. The van der Waals surface area contributed by atoms with Crippen LogP contribution in [0.1, 0.15) is 23.0 Å². The maximum Gasteiger partial charge on any atom is 0.123 e. The molecule has 0 spiro atoms. The smallest absolute Gasteiger partial charge is 0.123 e. The molecule has 18 heavy (non-hydrogen) atoms. The molecule has 94 valence electrons. The van der Waals surface area contributed by atoms with Crippen LogP contribution in [0.2, 0.25) is 5.02 Å². The lowest BCUT2D eigenvalue weighted by molar-refractivity contribution is 0.0802. The molecule has 0 bridgehead atoms. The second-order valence-electron chi connectivity index (χ2n) is 4.58. The van der Waals surface area contributed by atoms with Crippen LogP contribution >= 0.6 is 11.6 Å². The number of hydrogen-bond acceptors (Lipinski definition) is 3. The Morgan fingerprint density at radius 2 is 2.17 bits per heavy atom. The molecule has 1 aliphatic rings. The summed E-state index contributed by atoms with van der Waals surface area (Å²) in [6.45, 7) is 2.04. The Morgan fingerprint density at radius 1 is 1.33 bits per heavy atom. The third-order valence-corrected chi connectivity index (χ3v) is 3.66. The molecule has 0 aliphatic carbocycles. The standard InChI is InChI=1S/C14H14ClNO2/c15-12-4-2-1-3-10(12)7-16-8-13(17)11-5-6-18-14(11)9-16/h1-6,13,17H,7-9H2. The van der Waals surface area contributed by atoms with Gasteiger partial charge in [0, 0.05) is 23.7 Å². The van der Waals surface area contributed by atoms with E-state index < -0.39 is 6.10 Å². The van der Waals surface area contributed by atoms with Gasteiger partial charge in [-0.05, 0) is 17.7 Å². The number of halogens is 1. The van der Waals surface area contributed by atoms with Crippen molar-refractivity contribution >= 4 is 11.6 Å². The van der Waals surface area contributed by atoms with Crippen molar-refractivity contribution in [1.29, 1.82) is 0 Å². The first-order valence-corrected chi connectivity index (χ1v) is 6.32. The number of fused-ring (bicyclic) bond motifs is 1. The number of aliphatic hydroxyl groups excluding tert-OH is 1. The van der Waals surface area contributed by atoms with Crippen molar-refractivity contribution in [3.63, 3.8) is 0 Å². The van der Waals surface area contributed by atoms with E-state index in [1.165, 1.54) is 0 Å². The number of hydrogen-bond donors (Lipinski definition) is 1. The molecule has 1 aromatic heterocycles. The molecule has 0 radical (unpaired) electrons. The van der Waals surface area contributed by atoms with Gasteiger partial charge in [0.05, 0.1) is 18.9 Å². The zero-order chi connectivity index (χ0) is 12.5. The van der Waals surface area contributed by atoms with E-state index in [2.05, 4.69) is 4.90 Å². The third kappa shape index (κ3) is 2.17. The van der Waals surface area contributed by atoms with Crippen LogP contribution in [0.3, 0.4) is 0 Å². The van der Waals surface area contributed by atoms with Crippen molar-refractivity contribution in [2.24, 2.45) is 0 Å². The van der Waals surface area contributed by atoms with Crippen molar-refractivity contribution < 1.29 is 9.52 Å². The van der Waals surface area contributed by atoms with Crippen molar-refractivity contribution in [1.82, 2.24) is 4.90 Å². The predicted octanol–water partition coefficient (Wildman–Crippen LogP) is 2.98. The van der Waals surface area contributed by atoms with Crippen LogP contribution in [-0.4, -0.2) is 16.6 Å². The molecule has 4 heteroatoms. The normalized spacial score (nSPS) is 19.8. The van der Waals surface area contributed by atoms with Gasteiger partial charge in [0.2, 0.25) is 0 Å². The van der Waals surface area contributed by atoms with Gasteiger partial charge in [-0.15, -0.1) is 0 Å². The number of aliphatic hydroxyl groups is 1. The number of furan rings is 1. The first-order chi connectivity index (χ1) is 8.74. The molecule has 1 aromatic carbocycles. The summed E-state index contributed by atoms with van der Waals surface area (Å²) in [6.07, 6.45) is 1.15. The molecule has 1 N–H and O–H groups in total. The molecule has 1 atom stereocenters. The fraction of sp³-hybridized carbons (Fsp3) is 0.286. The second kappa shape index (κ2) is 4.76. The Kier molecular flexibility index (Phi) is 3.12. The van der Waals surface area contributed by atoms with Crippen LogP contribution in [0.5, 0.6) is 0 Å². The van der Waals surface area contributed by atoms with Gasteiger partial charge in [-0.2, -0.15) is 0 Å². The molecule has 0 fully saturated rings. The van der Waals surface area contributed by atoms with E-state index in [4.69, 9.17) is 16.0 Å². The number of nitrogens with zero attached hydrogens (tertiary/aromatic N) is 1. The summed E-state index contributed by atoms with van der Waals surface area (Å²) >= 11 is 6.15. The summed E-state index contributed by atoms with van der Waals surface area (Å²) in [5.41, 5.74) is 1.98. The molecule has 2 heterocycles. The minimum Gasteiger partial charge on any atom is -0.468 e. The predicted molar refractivity (Wildman–Crippen MR) is 69.2 cm³/mol. The molecule has 1 unspecified atom stereocenters. The average molecular weight is 264 g/mol. The van der Waals surface area contributed by atoms with Gasteiger partial charge in [-0.1, -0.05) is 29.8 Å². The van der Waals surface area contributed by atoms with Crippen LogP contribution in [0.4, 0.5) is 0 Å². The lowest BCUT2D eigenvalue weighted by Gasteiger charge is -2.29. The quantitative estimate of drug-likeness (QED) is 0.905. The van der Waals surface area contributed by atoms with Gasteiger partial charge < -0.3 is 9.52 Å². The van der Waals surface area contributed by atoms with Crippen LogP contribution in [0.25, 0.3) is 0 Å². The Hall–Kier alpha value is -1.29. The Morgan fingerprint density at radius 3 is 3.00 bits per heavy atom. The highest BCUT2D eigenvalue weighted by Crippen LogP contribution is 2.29. The van der Waals surface area contributed by atoms with E-state index in [-0.39, 0.29) is 0 Å². The molecule has 0 saturated carbocycles. The van der Waals surface area contributed by atoms with Gasteiger partial charge >= 0.3 is 0 Å². The summed E-state index contributed by atoms with van der Waals surface area (Å²) in [5, 5.41) is 10.8. The van der Waals surface area contributed by atoms with Crippen molar-refractivity contribution in [2.45, 2.75) is 19.2 Å². The average Bonchev–Trinajstić information content (AvgIpc) is 2.81. The van der Waals surface area contributed by atoms with Crippen LogP contribution in [0.15, 0.2) is 41.0 Å². The van der Waals surface area contributed by atoms with Gasteiger partial charge in [-0.25, -0.2) is 0 Å². The minimum atomic E-state index is -0.477. The highest BCUT2D eigenvalue weighted by molar-refractivity contribution is 6.31. The van der Waals surface area contributed by atoms with E-state index in [9.17, 15) is 5.11 Å². The number of β-amino-alcohol motifs (C(OH)–C–C–N with tert-alkyl or cyclic N) is 1. The highest BCUT2D eigenvalue weighted by atomic mass is 35.5. The zero-order valence-corrected chi connectivity index (χ0v) is 10.6. The Labute approximate surface area is 111 Å². The largest absolute Gasteiger partial charge is 0.468 e. The first kappa shape index (κ1) is 11.8. The summed E-state index contributed by atoms with van der Waals surface area (Å²) < 4.78 is 5.39. The Balaban J connectivity index is 1.78. The molecule has 1 aliphatic heterocycles. The molecular weight excluding hydrogens is 250 g/mol. The van der Waals surface area contributed by atoms with E-state index in [1.807, 2.05) is 30.3 Å². The van der Waals surface area contributed by atoms with Crippen molar-refractivity contribution in [2.75, 3.05) is 6.54 Å². The summed E-state index contributed by atoms with van der Waals surface area (Å²) in [5.74, 6) is 0.848. The van der Waals surface area contributed by atoms with Crippen LogP contribution < -0.4 is 0 Å². The van der Waals surface area contributed by atoms with Gasteiger partial charge in [0.1, 0.15) is 5.76 Å². The topological polar surface area (TPSA) is 36.6 Å². The Bertz CT molecular complexity index is 552. The van der Waals surface area contributed by atoms with E-state index in [0.29, 0.717) is 13.1 Å². The maximum atomic E-state index is 10.0. The van der Waals surface area contributed by atoms with Gasteiger partial charge in [-0.3, -0.25) is 4.90 Å². The van der Waals surface area contributed by atoms with Gasteiger partial charge in [0.15, 0.2) is 0 Å². The molecule has 3 nitrogen and oxygen atoms in total. The fourth-order valence-corrected chi connectivity index (χ4v) is 2.57. The lowest BCUT2D eigenvalue weighted by atomic mass is 10.0. The SMILES string of the molecule is OC1CN(Cc2ccccc2Cl)Cc2occc21. The fourth-order valence-electron chi connectivity index (χ4n) is 2.37.